The van der Waals surface area contributed by atoms with Gasteiger partial charge in [-0.05, 0) is 43.1 Å². The molecule has 2 atom stereocenters. The number of ether oxygens (including phenoxy) is 1. The summed E-state index contributed by atoms with van der Waals surface area (Å²) in [5.74, 6) is 0.960. The molecule has 0 aromatic heterocycles. The van der Waals surface area contributed by atoms with Gasteiger partial charge in [-0.3, -0.25) is 4.90 Å². The second kappa shape index (κ2) is 5.08. The summed E-state index contributed by atoms with van der Waals surface area (Å²) >= 11 is 5.98. The number of likely N-dealkylation sites (tertiary alicyclic amines) is 1. The molecule has 4 heteroatoms. The van der Waals surface area contributed by atoms with E-state index in [-0.39, 0.29) is 12.2 Å². The van der Waals surface area contributed by atoms with E-state index in [9.17, 15) is 5.11 Å². The SMILES string of the molecule is O[C@H]1CCCN(CC2Cc3cc(Cl)ccc3O2)C1. The quantitative estimate of drug-likeness (QED) is 0.891. The molecule has 3 rings (SSSR count). The van der Waals surface area contributed by atoms with Crippen molar-refractivity contribution in [2.45, 2.75) is 31.5 Å². The Bertz CT molecular complexity index is 438. The Morgan fingerprint density at radius 2 is 2.33 bits per heavy atom. The number of halogens is 1. The number of nitrogens with zero attached hydrogens (tertiary/aromatic N) is 1. The molecule has 0 amide bonds. The zero-order valence-corrected chi connectivity index (χ0v) is 11.1. The van der Waals surface area contributed by atoms with Gasteiger partial charge in [-0.25, -0.2) is 0 Å². The van der Waals surface area contributed by atoms with E-state index in [0.717, 1.165) is 49.7 Å². The van der Waals surface area contributed by atoms with E-state index in [0.29, 0.717) is 0 Å². The Labute approximate surface area is 112 Å². The Morgan fingerprint density at radius 3 is 3.17 bits per heavy atom. The summed E-state index contributed by atoms with van der Waals surface area (Å²) in [4.78, 5) is 2.30. The van der Waals surface area contributed by atoms with Crippen molar-refractivity contribution >= 4 is 11.6 Å². The van der Waals surface area contributed by atoms with Gasteiger partial charge in [-0.15, -0.1) is 0 Å². The Hall–Kier alpha value is -0.770. The van der Waals surface area contributed by atoms with Crippen LogP contribution in [0.1, 0.15) is 18.4 Å². The molecule has 0 aliphatic carbocycles. The number of aliphatic hydroxyl groups excluding tert-OH is 1. The molecule has 1 aromatic rings. The summed E-state index contributed by atoms with van der Waals surface area (Å²) in [6.45, 7) is 2.73. The second-order valence-corrected chi connectivity index (χ2v) is 5.69. The Morgan fingerprint density at radius 1 is 1.44 bits per heavy atom. The van der Waals surface area contributed by atoms with Crippen LogP contribution in [-0.2, 0) is 6.42 Å². The van der Waals surface area contributed by atoms with Crippen molar-refractivity contribution in [2.75, 3.05) is 19.6 Å². The van der Waals surface area contributed by atoms with Gasteiger partial charge in [0.25, 0.3) is 0 Å². The molecule has 1 aromatic carbocycles. The summed E-state index contributed by atoms with van der Waals surface area (Å²) in [7, 11) is 0. The maximum Gasteiger partial charge on any atom is 0.123 e. The number of hydrogen-bond donors (Lipinski definition) is 1. The van der Waals surface area contributed by atoms with Crippen LogP contribution in [0.4, 0.5) is 0 Å². The van der Waals surface area contributed by atoms with Gasteiger partial charge in [-0.2, -0.15) is 0 Å². The predicted octanol–water partition coefficient (Wildman–Crippen LogP) is 2.10. The van der Waals surface area contributed by atoms with Crippen LogP contribution in [-0.4, -0.2) is 41.8 Å². The highest BCUT2D eigenvalue weighted by Crippen LogP contribution is 2.31. The third kappa shape index (κ3) is 2.63. The molecule has 1 unspecified atom stereocenters. The number of aliphatic hydroxyl groups is 1. The van der Waals surface area contributed by atoms with Gasteiger partial charge < -0.3 is 9.84 Å². The largest absolute Gasteiger partial charge is 0.488 e. The lowest BCUT2D eigenvalue weighted by atomic mass is 10.1. The van der Waals surface area contributed by atoms with E-state index in [2.05, 4.69) is 4.90 Å². The van der Waals surface area contributed by atoms with Crippen molar-refractivity contribution in [2.24, 2.45) is 0 Å². The lowest BCUT2D eigenvalue weighted by Gasteiger charge is -2.31. The van der Waals surface area contributed by atoms with Crippen LogP contribution in [0.5, 0.6) is 5.75 Å². The number of fused-ring (bicyclic) bond motifs is 1. The molecule has 1 N–H and O–H groups in total. The van der Waals surface area contributed by atoms with E-state index in [1.54, 1.807) is 0 Å². The highest BCUT2D eigenvalue weighted by atomic mass is 35.5. The first-order valence-electron chi connectivity index (χ1n) is 6.56. The minimum absolute atomic E-state index is 0.169. The van der Waals surface area contributed by atoms with Crippen LogP contribution >= 0.6 is 11.6 Å². The standard InChI is InChI=1S/C14H18ClNO2/c15-11-3-4-14-10(6-11)7-13(18-14)9-16-5-1-2-12(17)8-16/h3-4,6,12-13,17H,1-2,5,7-9H2/t12-,13?/m0/s1. The highest BCUT2D eigenvalue weighted by Gasteiger charge is 2.27. The van der Waals surface area contributed by atoms with Crippen LogP contribution in [0.15, 0.2) is 18.2 Å². The van der Waals surface area contributed by atoms with Gasteiger partial charge in [0.1, 0.15) is 11.9 Å². The van der Waals surface area contributed by atoms with E-state index in [1.807, 2.05) is 18.2 Å². The van der Waals surface area contributed by atoms with Crippen LogP contribution < -0.4 is 4.74 Å². The first kappa shape index (κ1) is 12.3. The molecular weight excluding hydrogens is 250 g/mol. The van der Waals surface area contributed by atoms with Crippen LogP contribution in [0.3, 0.4) is 0 Å². The van der Waals surface area contributed by atoms with E-state index >= 15 is 0 Å². The highest BCUT2D eigenvalue weighted by molar-refractivity contribution is 6.30. The zero-order valence-electron chi connectivity index (χ0n) is 10.3. The first-order valence-corrected chi connectivity index (χ1v) is 6.94. The number of benzene rings is 1. The average molecular weight is 268 g/mol. The third-order valence-corrected chi connectivity index (χ3v) is 3.94. The molecule has 1 saturated heterocycles. The average Bonchev–Trinajstić information content (AvgIpc) is 2.70. The molecule has 3 nitrogen and oxygen atoms in total. The molecule has 1 fully saturated rings. The van der Waals surface area contributed by atoms with Crippen molar-refractivity contribution in [1.82, 2.24) is 4.90 Å². The third-order valence-electron chi connectivity index (χ3n) is 3.71. The summed E-state index contributed by atoms with van der Waals surface area (Å²) in [6.07, 6.45) is 2.95. The van der Waals surface area contributed by atoms with Crippen LogP contribution in [0, 0.1) is 0 Å². The summed E-state index contributed by atoms with van der Waals surface area (Å²) in [5.41, 5.74) is 1.20. The fourth-order valence-corrected chi connectivity index (χ4v) is 3.07. The lowest BCUT2D eigenvalue weighted by molar-refractivity contribution is 0.0502. The fraction of sp³-hybridized carbons (Fsp3) is 0.571. The summed E-state index contributed by atoms with van der Waals surface area (Å²) < 4.78 is 5.92. The minimum Gasteiger partial charge on any atom is -0.488 e. The van der Waals surface area contributed by atoms with Crippen molar-refractivity contribution in [3.63, 3.8) is 0 Å². The molecule has 18 heavy (non-hydrogen) atoms. The predicted molar refractivity (Wildman–Crippen MR) is 71.3 cm³/mol. The minimum atomic E-state index is -0.169. The van der Waals surface area contributed by atoms with Crippen molar-refractivity contribution in [3.8, 4) is 5.75 Å². The maximum atomic E-state index is 9.66. The first-order chi connectivity index (χ1) is 8.70. The van der Waals surface area contributed by atoms with Gasteiger partial charge >= 0.3 is 0 Å². The van der Waals surface area contributed by atoms with E-state index in [4.69, 9.17) is 16.3 Å². The lowest BCUT2D eigenvalue weighted by Crippen LogP contribution is -2.43. The number of hydrogen-bond acceptors (Lipinski definition) is 3. The Balaban J connectivity index is 1.60. The smallest absolute Gasteiger partial charge is 0.123 e. The molecule has 2 heterocycles. The van der Waals surface area contributed by atoms with Crippen molar-refractivity contribution in [3.05, 3.63) is 28.8 Å². The second-order valence-electron chi connectivity index (χ2n) is 5.25. The van der Waals surface area contributed by atoms with E-state index in [1.165, 1.54) is 5.56 Å². The molecular formula is C14H18ClNO2. The summed E-state index contributed by atoms with van der Waals surface area (Å²) in [6, 6.07) is 5.80. The van der Waals surface area contributed by atoms with Crippen LogP contribution in [0.2, 0.25) is 5.02 Å². The van der Waals surface area contributed by atoms with Crippen LogP contribution in [0.25, 0.3) is 0 Å². The van der Waals surface area contributed by atoms with Gasteiger partial charge in [0.2, 0.25) is 0 Å². The van der Waals surface area contributed by atoms with Crippen molar-refractivity contribution < 1.29 is 9.84 Å². The normalized spacial score (nSPS) is 27.9. The van der Waals surface area contributed by atoms with E-state index < -0.39 is 0 Å². The molecule has 2 aliphatic heterocycles. The molecule has 2 aliphatic rings. The zero-order chi connectivity index (χ0) is 12.5. The monoisotopic (exact) mass is 267 g/mol. The fourth-order valence-electron chi connectivity index (χ4n) is 2.88. The van der Waals surface area contributed by atoms with Gasteiger partial charge in [0.15, 0.2) is 0 Å². The van der Waals surface area contributed by atoms with Crippen molar-refractivity contribution in [1.29, 1.82) is 0 Å². The molecule has 0 radical (unpaired) electrons. The molecule has 98 valence electrons. The molecule has 0 saturated carbocycles. The summed E-state index contributed by atoms with van der Waals surface area (Å²) in [5, 5.41) is 10.4. The number of β-amino-alcohol motifs (C(OH)–C–C–N with tert-alkyl or cyclic N) is 1. The van der Waals surface area contributed by atoms with Gasteiger partial charge in [0.05, 0.1) is 6.10 Å². The number of rotatable bonds is 2. The van der Waals surface area contributed by atoms with Gasteiger partial charge in [0, 0.05) is 24.5 Å². The van der Waals surface area contributed by atoms with Gasteiger partial charge in [-0.1, -0.05) is 11.6 Å². The molecule has 0 bridgehead atoms. The Kier molecular flexibility index (Phi) is 3.46. The molecule has 0 spiro atoms. The topological polar surface area (TPSA) is 32.7 Å². The number of piperidine rings is 1. The maximum absolute atomic E-state index is 9.66.